The number of rotatable bonds is 4. The predicted molar refractivity (Wildman–Crippen MR) is 102 cm³/mol. The van der Waals surface area contributed by atoms with Crippen molar-refractivity contribution in [1.82, 2.24) is 5.01 Å². The fourth-order valence-electron chi connectivity index (χ4n) is 6.28. The Morgan fingerprint density at radius 3 is 2.54 bits per heavy atom. The van der Waals surface area contributed by atoms with E-state index >= 15 is 0 Å². The molecule has 1 N–H and O–H groups in total. The second-order valence-electron chi connectivity index (χ2n) is 9.22. The first-order valence-electron chi connectivity index (χ1n) is 10.3. The van der Waals surface area contributed by atoms with Crippen LogP contribution in [0.1, 0.15) is 50.5 Å². The highest BCUT2D eigenvalue weighted by Crippen LogP contribution is 2.61. The quantitative estimate of drug-likeness (QED) is 0.812. The largest absolute Gasteiger partial charge is 0.455 e. The smallest absolute Gasteiger partial charge is 0.312 e. The van der Waals surface area contributed by atoms with Crippen LogP contribution in [0.3, 0.4) is 0 Å². The molecule has 6 heteroatoms. The van der Waals surface area contributed by atoms with E-state index < -0.39 is 11.0 Å². The van der Waals surface area contributed by atoms with E-state index in [-0.39, 0.29) is 18.5 Å². The van der Waals surface area contributed by atoms with E-state index in [4.69, 9.17) is 4.74 Å². The second-order valence-corrected chi connectivity index (χ2v) is 9.22. The molecule has 4 atom stereocenters. The molecule has 1 aliphatic heterocycles. The maximum atomic E-state index is 12.9. The molecule has 28 heavy (non-hydrogen) atoms. The molecule has 6 nitrogen and oxygen atoms in total. The van der Waals surface area contributed by atoms with E-state index in [1.165, 1.54) is 5.01 Å². The van der Waals surface area contributed by atoms with Gasteiger partial charge in [-0.15, -0.1) is 0 Å². The minimum absolute atomic E-state index is 0.278. The standard InChI is InChI=1S/C22H26N2O4/c25-19(24-7-6-18(23-24)17-4-2-1-3-5-17)13-28-20(26)21-9-15-8-16(10-21)12-22(27,11-15)14-21/h1-5,15-16,27H,6-14H2/t15-,16+,21?,22?. The number of amides is 1. The Balaban J connectivity index is 1.22. The van der Waals surface area contributed by atoms with E-state index in [0.717, 1.165) is 43.4 Å². The van der Waals surface area contributed by atoms with E-state index in [2.05, 4.69) is 5.10 Å². The molecular weight excluding hydrogens is 356 g/mol. The van der Waals surface area contributed by atoms with Crippen LogP contribution in [0.25, 0.3) is 0 Å². The van der Waals surface area contributed by atoms with Crippen molar-refractivity contribution in [3.63, 3.8) is 0 Å². The summed E-state index contributed by atoms with van der Waals surface area (Å²) in [7, 11) is 0. The SMILES string of the molecule is O=C(COC(=O)C12C[C@@H]3C[C@@H](CC(O)(C3)C1)C2)N1CCC(c2ccccc2)=N1. The van der Waals surface area contributed by atoms with Gasteiger partial charge in [-0.3, -0.25) is 9.59 Å². The number of aliphatic hydroxyl groups is 1. The molecule has 4 bridgehead atoms. The summed E-state index contributed by atoms with van der Waals surface area (Å²) in [6.07, 6.45) is 5.49. The van der Waals surface area contributed by atoms with Gasteiger partial charge in [0.1, 0.15) is 0 Å². The molecule has 6 rings (SSSR count). The number of esters is 1. The zero-order valence-corrected chi connectivity index (χ0v) is 16.0. The number of ether oxygens (including phenoxy) is 1. The van der Waals surface area contributed by atoms with Crippen molar-refractivity contribution in [3.8, 4) is 0 Å². The van der Waals surface area contributed by atoms with Crippen LogP contribution >= 0.6 is 0 Å². The molecule has 1 aromatic rings. The first kappa shape index (κ1) is 17.9. The Morgan fingerprint density at radius 1 is 1.14 bits per heavy atom. The van der Waals surface area contributed by atoms with Gasteiger partial charge in [0.05, 0.1) is 23.3 Å². The van der Waals surface area contributed by atoms with Crippen molar-refractivity contribution in [1.29, 1.82) is 0 Å². The number of carbonyl (C=O) groups is 2. The van der Waals surface area contributed by atoms with E-state index in [0.29, 0.717) is 31.2 Å². The minimum atomic E-state index is -0.711. The highest BCUT2D eigenvalue weighted by atomic mass is 16.5. The van der Waals surface area contributed by atoms with Gasteiger partial charge < -0.3 is 9.84 Å². The molecule has 0 saturated heterocycles. The van der Waals surface area contributed by atoms with Crippen LogP contribution < -0.4 is 0 Å². The number of benzene rings is 1. The summed E-state index contributed by atoms with van der Waals surface area (Å²) in [6.45, 7) is 0.232. The fraction of sp³-hybridized carbons (Fsp3) is 0.591. The van der Waals surface area contributed by atoms with Crippen molar-refractivity contribution in [2.45, 2.75) is 50.5 Å². The molecule has 2 unspecified atom stereocenters. The van der Waals surface area contributed by atoms with Crippen molar-refractivity contribution in [2.75, 3.05) is 13.2 Å². The van der Waals surface area contributed by atoms with Crippen molar-refractivity contribution >= 4 is 17.6 Å². The lowest BCUT2D eigenvalue weighted by Crippen LogP contribution is -2.58. The van der Waals surface area contributed by atoms with Crippen LogP contribution in [0.5, 0.6) is 0 Å². The predicted octanol–water partition coefficient (Wildman–Crippen LogP) is 2.50. The first-order valence-corrected chi connectivity index (χ1v) is 10.3. The lowest BCUT2D eigenvalue weighted by molar-refractivity contribution is -0.196. The normalized spacial score (nSPS) is 35.8. The number of carbonyl (C=O) groups excluding carboxylic acids is 2. The van der Waals surface area contributed by atoms with Crippen LogP contribution in [0.15, 0.2) is 35.4 Å². The molecule has 5 aliphatic rings. The van der Waals surface area contributed by atoms with Crippen LogP contribution in [-0.2, 0) is 14.3 Å². The summed E-state index contributed by atoms with van der Waals surface area (Å²) >= 11 is 0. The van der Waals surface area contributed by atoms with Gasteiger partial charge in [-0.2, -0.15) is 5.10 Å². The topological polar surface area (TPSA) is 79.2 Å². The van der Waals surface area contributed by atoms with Crippen LogP contribution in [-0.4, -0.2) is 46.5 Å². The van der Waals surface area contributed by atoms with Crippen LogP contribution in [0.2, 0.25) is 0 Å². The van der Waals surface area contributed by atoms with Gasteiger partial charge in [0, 0.05) is 6.42 Å². The summed E-state index contributed by atoms with van der Waals surface area (Å²) in [4.78, 5) is 25.4. The third kappa shape index (κ3) is 3.04. The average Bonchev–Trinajstić information content (AvgIpc) is 3.15. The molecule has 4 saturated carbocycles. The highest BCUT2D eigenvalue weighted by molar-refractivity contribution is 6.02. The van der Waals surface area contributed by atoms with Crippen molar-refractivity contribution in [3.05, 3.63) is 35.9 Å². The maximum Gasteiger partial charge on any atom is 0.312 e. The summed E-state index contributed by atoms with van der Waals surface area (Å²) < 4.78 is 5.48. The molecule has 4 fully saturated rings. The average molecular weight is 382 g/mol. The molecule has 1 heterocycles. The first-order chi connectivity index (χ1) is 13.4. The Kier molecular flexibility index (Phi) is 4.09. The lowest BCUT2D eigenvalue weighted by atomic mass is 9.48. The summed E-state index contributed by atoms with van der Waals surface area (Å²) in [5.74, 6) is 0.222. The lowest BCUT2D eigenvalue weighted by Gasteiger charge is -2.58. The molecule has 148 valence electrons. The van der Waals surface area contributed by atoms with Crippen LogP contribution in [0.4, 0.5) is 0 Å². The summed E-state index contributed by atoms with van der Waals surface area (Å²) in [5.41, 5.74) is 0.583. The number of nitrogens with zero attached hydrogens (tertiary/aromatic N) is 2. The Bertz CT molecular complexity index is 820. The number of hydrogen-bond acceptors (Lipinski definition) is 5. The van der Waals surface area contributed by atoms with Gasteiger partial charge in [-0.1, -0.05) is 30.3 Å². The molecule has 0 aromatic heterocycles. The van der Waals surface area contributed by atoms with Gasteiger partial charge in [-0.05, 0) is 55.9 Å². The second kappa shape index (κ2) is 6.41. The molecule has 0 spiro atoms. The zero-order chi connectivity index (χ0) is 19.4. The molecule has 1 amide bonds. The monoisotopic (exact) mass is 382 g/mol. The Labute approximate surface area is 164 Å². The van der Waals surface area contributed by atoms with Gasteiger partial charge in [0.15, 0.2) is 6.61 Å². The Hall–Kier alpha value is -2.21. The fourth-order valence-corrected chi connectivity index (χ4v) is 6.28. The molecule has 0 radical (unpaired) electrons. The Morgan fingerprint density at radius 2 is 1.86 bits per heavy atom. The zero-order valence-electron chi connectivity index (χ0n) is 16.0. The summed E-state index contributed by atoms with van der Waals surface area (Å²) in [6, 6.07) is 9.80. The van der Waals surface area contributed by atoms with Crippen molar-refractivity contribution in [2.24, 2.45) is 22.4 Å². The third-order valence-corrected chi connectivity index (χ3v) is 6.99. The van der Waals surface area contributed by atoms with Gasteiger partial charge in [0.25, 0.3) is 5.91 Å². The van der Waals surface area contributed by atoms with Crippen molar-refractivity contribution < 1.29 is 19.4 Å². The van der Waals surface area contributed by atoms with E-state index in [9.17, 15) is 14.7 Å². The number of hydrogen-bond donors (Lipinski definition) is 1. The van der Waals surface area contributed by atoms with Gasteiger partial charge in [-0.25, -0.2) is 5.01 Å². The highest BCUT2D eigenvalue weighted by Gasteiger charge is 2.60. The van der Waals surface area contributed by atoms with Crippen LogP contribution in [0, 0.1) is 17.3 Å². The number of hydrazone groups is 1. The summed E-state index contributed by atoms with van der Waals surface area (Å²) in [5, 5.41) is 16.6. The third-order valence-electron chi connectivity index (χ3n) is 6.99. The molecule has 1 aromatic carbocycles. The molecular formula is C22H26N2O4. The van der Waals surface area contributed by atoms with Gasteiger partial charge in [0.2, 0.25) is 0 Å². The maximum absolute atomic E-state index is 12.9. The molecule has 4 aliphatic carbocycles. The van der Waals surface area contributed by atoms with Gasteiger partial charge >= 0.3 is 5.97 Å². The minimum Gasteiger partial charge on any atom is -0.455 e. The van der Waals surface area contributed by atoms with E-state index in [1.807, 2.05) is 30.3 Å². The van der Waals surface area contributed by atoms with E-state index in [1.54, 1.807) is 0 Å².